The van der Waals surface area contributed by atoms with Crippen LogP contribution >= 0.6 is 0 Å². The molecule has 0 saturated carbocycles. The van der Waals surface area contributed by atoms with E-state index >= 15 is 0 Å². The summed E-state index contributed by atoms with van der Waals surface area (Å²) < 4.78 is 2.06. The van der Waals surface area contributed by atoms with E-state index in [1.807, 2.05) is 6.92 Å². The van der Waals surface area contributed by atoms with Crippen LogP contribution in [0.4, 0.5) is 0 Å². The molecule has 25 heavy (non-hydrogen) atoms. The van der Waals surface area contributed by atoms with Crippen LogP contribution in [-0.2, 0) is 13.1 Å². The zero-order valence-electron chi connectivity index (χ0n) is 16.2. The Morgan fingerprint density at radius 2 is 2.00 bits per heavy atom. The summed E-state index contributed by atoms with van der Waals surface area (Å²) in [6, 6.07) is 10.6. The van der Waals surface area contributed by atoms with Gasteiger partial charge in [0.2, 0.25) is 0 Å². The van der Waals surface area contributed by atoms with Crippen LogP contribution in [0.25, 0.3) is 0 Å². The first kappa shape index (κ1) is 19.0. The zero-order chi connectivity index (χ0) is 18.2. The van der Waals surface area contributed by atoms with Crippen LogP contribution in [-0.4, -0.2) is 40.8 Å². The van der Waals surface area contributed by atoms with Crippen LogP contribution in [0.15, 0.2) is 35.3 Å². The van der Waals surface area contributed by atoms with Crippen molar-refractivity contribution in [1.82, 2.24) is 20.0 Å². The summed E-state index contributed by atoms with van der Waals surface area (Å²) in [5.74, 6) is 0.958. The number of nitrogens with zero attached hydrogens (tertiary/aromatic N) is 4. The zero-order valence-corrected chi connectivity index (χ0v) is 16.2. The summed E-state index contributed by atoms with van der Waals surface area (Å²) in [6.45, 7) is 11.8. The Hall–Kier alpha value is -2.30. The number of hydrogen-bond acceptors (Lipinski definition) is 2. The topological polar surface area (TPSA) is 45.5 Å². The summed E-state index contributed by atoms with van der Waals surface area (Å²) in [4.78, 5) is 6.97. The van der Waals surface area contributed by atoms with Crippen molar-refractivity contribution in [3.05, 3.63) is 52.8 Å². The van der Waals surface area contributed by atoms with Gasteiger partial charge < -0.3 is 10.2 Å². The van der Waals surface area contributed by atoms with Crippen LogP contribution < -0.4 is 5.32 Å². The molecular weight excluding hydrogens is 310 g/mol. The summed E-state index contributed by atoms with van der Waals surface area (Å²) in [5.41, 5.74) is 4.94. The number of benzene rings is 1. The molecule has 0 fully saturated rings. The van der Waals surface area contributed by atoms with Gasteiger partial charge in [-0.2, -0.15) is 5.10 Å². The number of guanidine groups is 1. The molecule has 1 aromatic heterocycles. The lowest BCUT2D eigenvalue weighted by molar-refractivity contribution is 0.473. The molecule has 0 radical (unpaired) electrons. The average Bonchev–Trinajstić information content (AvgIpc) is 2.90. The van der Waals surface area contributed by atoms with Gasteiger partial charge in [0, 0.05) is 38.9 Å². The third kappa shape index (κ3) is 5.62. The molecule has 0 aliphatic rings. The molecule has 5 nitrogen and oxygen atoms in total. The first-order valence-electron chi connectivity index (χ1n) is 9.06. The Bertz CT molecular complexity index is 702. The Labute approximate surface area is 151 Å². The minimum atomic E-state index is 0.790. The van der Waals surface area contributed by atoms with E-state index in [0.29, 0.717) is 0 Å². The lowest BCUT2D eigenvalue weighted by Crippen LogP contribution is -2.38. The van der Waals surface area contributed by atoms with Crippen molar-refractivity contribution < 1.29 is 0 Å². The van der Waals surface area contributed by atoms with Gasteiger partial charge >= 0.3 is 0 Å². The molecule has 5 heteroatoms. The van der Waals surface area contributed by atoms with E-state index in [1.54, 1.807) is 0 Å². The SMILES string of the molecule is CCNC(=NCCCn1nc(C)cc1C)N(C)Cc1ccccc1C. The fourth-order valence-corrected chi connectivity index (χ4v) is 2.89. The molecule has 1 aromatic carbocycles. The van der Waals surface area contributed by atoms with Crippen LogP contribution in [0.3, 0.4) is 0 Å². The maximum atomic E-state index is 4.78. The predicted octanol–water partition coefficient (Wildman–Crippen LogP) is 3.30. The smallest absolute Gasteiger partial charge is 0.193 e. The highest BCUT2D eigenvalue weighted by molar-refractivity contribution is 5.79. The largest absolute Gasteiger partial charge is 0.357 e. The van der Waals surface area contributed by atoms with E-state index in [0.717, 1.165) is 44.3 Å². The van der Waals surface area contributed by atoms with Gasteiger partial charge in [0.25, 0.3) is 0 Å². The van der Waals surface area contributed by atoms with Crippen LogP contribution in [0.2, 0.25) is 0 Å². The fraction of sp³-hybridized carbons (Fsp3) is 0.500. The van der Waals surface area contributed by atoms with Gasteiger partial charge in [-0.3, -0.25) is 9.67 Å². The van der Waals surface area contributed by atoms with Crippen molar-refractivity contribution >= 4 is 5.96 Å². The van der Waals surface area contributed by atoms with E-state index in [-0.39, 0.29) is 0 Å². The fourth-order valence-electron chi connectivity index (χ4n) is 2.89. The molecule has 0 atom stereocenters. The van der Waals surface area contributed by atoms with Crippen molar-refractivity contribution in [2.24, 2.45) is 4.99 Å². The third-order valence-electron chi connectivity index (χ3n) is 4.26. The molecule has 0 saturated heterocycles. The number of aliphatic imine (C=N–C) groups is 1. The highest BCUT2D eigenvalue weighted by Gasteiger charge is 2.08. The summed E-state index contributed by atoms with van der Waals surface area (Å²) >= 11 is 0. The Morgan fingerprint density at radius 3 is 2.64 bits per heavy atom. The first-order valence-corrected chi connectivity index (χ1v) is 9.06. The summed E-state index contributed by atoms with van der Waals surface area (Å²) in [7, 11) is 2.09. The lowest BCUT2D eigenvalue weighted by Gasteiger charge is -2.23. The molecule has 0 aliphatic carbocycles. The van der Waals surface area contributed by atoms with Gasteiger partial charge in [-0.05, 0) is 51.3 Å². The maximum Gasteiger partial charge on any atom is 0.193 e. The first-order chi connectivity index (χ1) is 12.0. The summed E-state index contributed by atoms with van der Waals surface area (Å²) in [5, 5.41) is 7.90. The number of aromatic nitrogens is 2. The maximum absolute atomic E-state index is 4.78. The second-order valence-corrected chi connectivity index (χ2v) is 6.52. The molecule has 0 amide bonds. The van der Waals surface area contributed by atoms with Crippen molar-refractivity contribution in [2.75, 3.05) is 20.1 Å². The molecule has 0 aliphatic heterocycles. The standard InChI is InChI=1S/C20H31N5/c1-6-21-20(24(5)15-19-11-8-7-10-16(19)2)22-12-9-13-25-18(4)14-17(3)23-25/h7-8,10-11,14H,6,9,12-13,15H2,1-5H3,(H,21,22). The Morgan fingerprint density at radius 1 is 1.24 bits per heavy atom. The molecule has 136 valence electrons. The molecule has 1 heterocycles. The molecule has 0 unspecified atom stereocenters. The van der Waals surface area contributed by atoms with Gasteiger partial charge in [0.15, 0.2) is 5.96 Å². The van der Waals surface area contributed by atoms with Gasteiger partial charge in [0.05, 0.1) is 5.69 Å². The van der Waals surface area contributed by atoms with Crippen molar-refractivity contribution in [3.8, 4) is 0 Å². The number of aryl methyl sites for hydroxylation is 4. The second kappa shape index (κ2) is 9.25. The minimum Gasteiger partial charge on any atom is -0.357 e. The number of nitrogens with one attached hydrogen (secondary N) is 1. The van der Waals surface area contributed by atoms with Crippen LogP contribution in [0.5, 0.6) is 0 Å². The molecule has 0 bridgehead atoms. The molecule has 2 rings (SSSR count). The van der Waals surface area contributed by atoms with E-state index in [4.69, 9.17) is 4.99 Å². The van der Waals surface area contributed by atoms with Gasteiger partial charge in [-0.1, -0.05) is 24.3 Å². The van der Waals surface area contributed by atoms with Gasteiger partial charge in [-0.25, -0.2) is 0 Å². The second-order valence-electron chi connectivity index (χ2n) is 6.52. The van der Waals surface area contributed by atoms with E-state index in [2.05, 4.69) is 78.1 Å². The molecule has 2 aromatic rings. The molecule has 0 spiro atoms. The van der Waals surface area contributed by atoms with E-state index < -0.39 is 0 Å². The highest BCUT2D eigenvalue weighted by atomic mass is 15.3. The number of hydrogen-bond donors (Lipinski definition) is 1. The average molecular weight is 342 g/mol. The minimum absolute atomic E-state index is 0.790. The Balaban J connectivity index is 1.93. The Kier molecular flexibility index (Phi) is 7.04. The third-order valence-corrected chi connectivity index (χ3v) is 4.26. The quantitative estimate of drug-likeness (QED) is 0.477. The molecule has 1 N–H and O–H groups in total. The van der Waals surface area contributed by atoms with Crippen molar-refractivity contribution in [3.63, 3.8) is 0 Å². The van der Waals surface area contributed by atoms with Crippen LogP contribution in [0.1, 0.15) is 35.9 Å². The van der Waals surface area contributed by atoms with Gasteiger partial charge in [-0.15, -0.1) is 0 Å². The van der Waals surface area contributed by atoms with Crippen molar-refractivity contribution in [1.29, 1.82) is 0 Å². The molecular formula is C20H31N5. The normalized spacial score (nSPS) is 11.6. The van der Waals surface area contributed by atoms with E-state index in [9.17, 15) is 0 Å². The van der Waals surface area contributed by atoms with Crippen LogP contribution in [0, 0.1) is 20.8 Å². The predicted molar refractivity (Wildman–Crippen MR) is 105 cm³/mol. The monoisotopic (exact) mass is 341 g/mol. The lowest BCUT2D eigenvalue weighted by atomic mass is 10.1. The summed E-state index contributed by atoms with van der Waals surface area (Å²) in [6.07, 6.45) is 0.981. The van der Waals surface area contributed by atoms with Gasteiger partial charge in [0.1, 0.15) is 0 Å². The van der Waals surface area contributed by atoms with Crippen molar-refractivity contribution in [2.45, 2.75) is 47.2 Å². The van der Waals surface area contributed by atoms with E-state index in [1.165, 1.54) is 16.8 Å². The number of rotatable bonds is 7. The highest BCUT2D eigenvalue weighted by Crippen LogP contribution is 2.09.